The van der Waals surface area contributed by atoms with Gasteiger partial charge in [-0.05, 0) is 55.0 Å². The van der Waals surface area contributed by atoms with Gasteiger partial charge < -0.3 is 10.1 Å². The second-order valence-corrected chi connectivity index (χ2v) is 5.60. The lowest BCUT2D eigenvalue weighted by atomic mass is 9.76. The number of benzene rings is 2. The summed E-state index contributed by atoms with van der Waals surface area (Å²) in [6, 6.07) is 17.7. The lowest BCUT2D eigenvalue weighted by molar-refractivity contribution is 0.374. The van der Waals surface area contributed by atoms with Gasteiger partial charge in [0.1, 0.15) is 5.75 Å². The average Bonchev–Trinajstić information content (AvgIpc) is 2.43. The summed E-state index contributed by atoms with van der Waals surface area (Å²) in [5, 5.41) is 3.61. The molecule has 1 aliphatic carbocycles. The second kappa shape index (κ2) is 5.58. The second-order valence-electron chi connectivity index (χ2n) is 5.60. The van der Waals surface area contributed by atoms with E-state index in [0.717, 1.165) is 5.75 Å². The summed E-state index contributed by atoms with van der Waals surface area (Å²) in [5.41, 5.74) is 3.84. The Morgan fingerprint density at radius 1 is 1.05 bits per heavy atom. The molecular weight excluding hydrogens is 246 g/mol. The summed E-state index contributed by atoms with van der Waals surface area (Å²) in [5.74, 6) is 1.67. The van der Waals surface area contributed by atoms with E-state index in [4.69, 9.17) is 4.74 Å². The van der Waals surface area contributed by atoms with Crippen LogP contribution < -0.4 is 10.1 Å². The van der Waals surface area contributed by atoms with Gasteiger partial charge >= 0.3 is 0 Å². The van der Waals surface area contributed by atoms with E-state index in [-0.39, 0.29) is 0 Å². The zero-order valence-corrected chi connectivity index (χ0v) is 12.1. The number of ether oxygens (including phenoxy) is 1. The van der Waals surface area contributed by atoms with Crippen molar-refractivity contribution in [3.05, 3.63) is 59.7 Å². The van der Waals surface area contributed by atoms with Crippen LogP contribution in [0.4, 0.5) is 5.69 Å². The summed E-state index contributed by atoms with van der Waals surface area (Å²) in [4.78, 5) is 0. The average molecular weight is 267 g/mol. The molecule has 0 radical (unpaired) electrons. The molecule has 2 aromatic rings. The van der Waals surface area contributed by atoms with Crippen molar-refractivity contribution in [1.82, 2.24) is 0 Å². The van der Waals surface area contributed by atoms with Gasteiger partial charge in [0.05, 0.1) is 7.11 Å². The highest BCUT2D eigenvalue weighted by atomic mass is 16.5. The standard InChI is InChI=1S/C18H21NO/c1-13-10-16(8-9-18(13)20-2)19-17-11-15(12-17)14-6-4-3-5-7-14/h3-10,15,17,19H,11-12H2,1-2H3. The Hall–Kier alpha value is -1.96. The predicted molar refractivity (Wildman–Crippen MR) is 83.6 cm³/mol. The molecule has 0 saturated heterocycles. The van der Waals surface area contributed by atoms with Crippen LogP contribution in [0, 0.1) is 6.92 Å². The minimum absolute atomic E-state index is 0.591. The minimum Gasteiger partial charge on any atom is -0.496 e. The first-order chi connectivity index (χ1) is 9.76. The molecule has 2 nitrogen and oxygen atoms in total. The number of hydrogen-bond donors (Lipinski definition) is 1. The van der Waals surface area contributed by atoms with E-state index in [1.165, 1.54) is 29.7 Å². The zero-order valence-electron chi connectivity index (χ0n) is 12.1. The van der Waals surface area contributed by atoms with E-state index >= 15 is 0 Å². The van der Waals surface area contributed by atoms with Gasteiger partial charge in [-0.15, -0.1) is 0 Å². The number of anilines is 1. The number of hydrogen-bond acceptors (Lipinski definition) is 2. The third-order valence-electron chi connectivity index (χ3n) is 4.17. The fourth-order valence-electron chi connectivity index (χ4n) is 2.94. The smallest absolute Gasteiger partial charge is 0.121 e. The molecule has 0 aliphatic heterocycles. The third kappa shape index (κ3) is 2.64. The molecule has 0 atom stereocenters. The molecule has 0 heterocycles. The summed E-state index contributed by atoms with van der Waals surface area (Å²) in [7, 11) is 1.71. The molecule has 2 heteroatoms. The van der Waals surface area contributed by atoms with Gasteiger partial charge in [-0.25, -0.2) is 0 Å². The minimum atomic E-state index is 0.591. The van der Waals surface area contributed by atoms with Crippen molar-refractivity contribution in [3.8, 4) is 5.75 Å². The van der Waals surface area contributed by atoms with Gasteiger partial charge in [0.25, 0.3) is 0 Å². The lowest BCUT2D eigenvalue weighted by Crippen LogP contribution is -2.33. The van der Waals surface area contributed by atoms with Gasteiger partial charge in [-0.2, -0.15) is 0 Å². The Labute approximate surface area is 120 Å². The fourth-order valence-corrected chi connectivity index (χ4v) is 2.94. The van der Waals surface area contributed by atoms with Crippen molar-refractivity contribution in [2.24, 2.45) is 0 Å². The topological polar surface area (TPSA) is 21.3 Å². The largest absolute Gasteiger partial charge is 0.496 e. The molecule has 0 unspecified atom stereocenters. The number of methoxy groups -OCH3 is 1. The van der Waals surface area contributed by atoms with Gasteiger partial charge in [0.2, 0.25) is 0 Å². The molecule has 0 bridgehead atoms. The lowest BCUT2D eigenvalue weighted by Gasteiger charge is -2.37. The maximum Gasteiger partial charge on any atom is 0.121 e. The molecule has 1 saturated carbocycles. The third-order valence-corrected chi connectivity index (χ3v) is 4.17. The van der Waals surface area contributed by atoms with Gasteiger partial charge in [0, 0.05) is 11.7 Å². The molecule has 1 fully saturated rings. The highest BCUT2D eigenvalue weighted by Gasteiger charge is 2.29. The Kier molecular flexibility index (Phi) is 3.64. The molecule has 1 N–H and O–H groups in total. The van der Waals surface area contributed by atoms with Crippen LogP contribution in [-0.2, 0) is 0 Å². The van der Waals surface area contributed by atoms with E-state index < -0.39 is 0 Å². The quantitative estimate of drug-likeness (QED) is 0.888. The predicted octanol–water partition coefficient (Wildman–Crippen LogP) is 4.36. The van der Waals surface area contributed by atoms with Crippen molar-refractivity contribution in [3.63, 3.8) is 0 Å². The molecule has 0 spiro atoms. The number of rotatable bonds is 4. The van der Waals surface area contributed by atoms with E-state index in [1.54, 1.807) is 7.11 Å². The van der Waals surface area contributed by atoms with Crippen LogP contribution in [0.5, 0.6) is 5.75 Å². The van der Waals surface area contributed by atoms with Crippen LogP contribution in [0.3, 0.4) is 0 Å². The van der Waals surface area contributed by atoms with E-state index in [9.17, 15) is 0 Å². The highest BCUT2D eigenvalue weighted by Crippen LogP contribution is 2.38. The van der Waals surface area contributed by atoms with E-state index in [0.29, 0.717) is 12.0 Å². The first kappa shape index (κ1) is 13.0. The Bertz CT molecular complexity index is 573. The van der Waals surface area contributed by atoms with Crippen molar-refractivity contribution in [2.45, 2.75) is 31.7 Å². The van der Waals surface area contributed by atoms with Crippen LogP contribution in [-0.4, -0.2) is 13.2 Å². The van der Waals surface area contributed by atoms with Crippen molar-refractivity contribution < 1.29 is 4.74 Å². The fraction of sp³-hybridized carbons (Fsp3) is 0.333. The first-order valence-corrected chi connectivity index (χ1v) is 7.22. The molecular formula is C18H21NO. The molecule has 20 heavy (non-hydrogen) atoms. The van der Waals surface area contributed by atoms with Crippen LogP contribution in [0.15, 0.2) is 48.5 Å². The van der Waals surface area contributed by atoms with Crippen molar-refractivity contribution in [1.29, 1.82) is 0 Å². The van der Waals surface area contributed by atoms with Crippen molar-refractivity contribution in [2.75, 3.05) is 12.4 Å². The van der Waals surface area contributed by atoms with E-state index in [2.05, 4.69) is 54.7 Å². The maximum atomic E-state index is 5.29. The Morgan fingerprint density at radius 2 is 1.80 bits per heavy atom. The normalized spacial score (nSPS) is 21.1. The van der Waals surface area contributed by atoms with Crippen molar-refractivity contribution >= 4 is 5.69 Å². The van der Waals surface area contributed by atoms with Gasteiger partial charge in [0.15, 0.2) is 0 Å². The Balaban J connectivity index is 1.58. The van der Waals surface area contributed by atoms with Crippen LogP contribution in [0.1, 0.15) is 29.9 Å². The number of aryl methyl sites for hydroxylation is 1. The summed E-state index contributed by atoms with van der Waals surface area (Å²) in [6.45, 7) is 2.08. The van der Waals surface area contributed by atoms with Crippen LogP contribution in [0.25, 0.3) is 0 Å². The molecule has 0 amide bonds. The molecule has 3 rings (SSSR count). The summed E-state index contributed by atoms with van der Waals surface area (Å²) < 4.78 is 5.29. The summed E-state index contributed by atoms with van der Waals surface area (Å²) in [6.07, 6.45) is 2.43. The number of nitrogens with one attached hydrogen (secondary N) is 1. The van der Waals surface area contributed by atoms with Crippen LogP contribution >= 0.6 is 0 Å². The molecule has 0 aromatic heterocycles. The summed E-state index contributed by atoms with van der Waals surface area (Å²) >= 11 is 0. The first-order valence-electron chi connectivity index (χ1n) is 7.22. The Morgan fingerprint density at radius 3 is 2.45 bits per heavy atom. The molecule has 1 aliphatic rings. The van der Waals surface area contributed by atoms with Gasteiger partial charge in [-0.1, -0.05) is 30.3 Å². The maximum absolute atomic E-state index is 5.29. The van der Waals surface area contributed by atoms with E-state index in [1.807, 2.05) is 6.07 Å². The highest BCUT2D eigenvalue weighted by molar-refractivity contribution is 5.51. The van der Waals surface area contributed by atoms with Crippen LogP contribution in [0.2, 0.25) is 0 Å². The zero-order chi connectivity index (χ0) is 13.9. The SMILES string of the molecule is COc1ccc(NC2CC(c3ccccc3)C2)cc1C. The molecule has 104 valence electrons. The molecule has 2 aromatic carbocycles. The monoisotopic (exact) mass is 267 g/mol. The van der Waals surface area contributed by atoms with Gasteiger partial charge in [-0.3, -0.25) is 0 Å².